The Bertz CT molecular complexity index is 127. The molecule has 0 aromatic rings. The predicted molar refractivity (Wildman–Crippen MR) is 25.6 cm³/mol. The van der Waals surface area contributed by atoms with E-state index in [1.807, 2.05) is 0 Å². The van der Waals surface area contributed by atoms with Crippen molar-refractivity contribution in [3.8, 4) is 0 Å². The third-order valence-corrected chi connectivity index (χ3v) is 0. The van der Waals surface area contributed by atoms with E-state index in [-0.39, 0.29) is 0 Å². The van der Waals surface area contributed by atoms with Crippen LogP contribution in [-0.4, -0.2) is 24.2 Å². The summed E-state index contributed by atoms with van der Waals surface area (Å²) in [5, 5.41) is 9.82. The van der Waals surface area contributed by atoms with Crippen LogP contribution in [0.3, 0.4) is 0 Å². The zero-order valence-electron chi connectivity index (χ0n) is 3.73. The van der Waals surface area contributed by atoms with Gasteiger partial charge in [-0.3, -0.25) is 9.11 Å². The molecule has 0 aliphatic heterocycles. The lowest BCUT2D eigenvalue weighted by Gasteiger charge is -1.68. The standard InChI is InChI=1S/CH3NO.H2O4S/c1-2-3;1-5(2,3)4/h2H,1H2;(H2,1,2,3,4). The molecular formula is CH5NO5S. The van der Waals surface area contributed by atoms with Crippen LogP contribution >= 0.6 is 0 Å². The Labute approximate surface area is 46.0 Å². The van der Waals surface area contributed by atoms with Gasteiger partial charge in [-0.2, -0.15) is 8.42 Å². The predicted octanol–water partition coefficient (Wildman–Crippen LogP) is -2.39. The monoisotopic (exact) mass is 143 g/mol. The minimum absolute atomic E-state index is 1.25. The first-order valence-corrected chi connectivity index (χ1v) is 2.65. The van der Waals surface area contributed by atoms with E-state index in [0.29, 0.717) is 0 Å². The fourth-order valence-corrected chi connectivity index (χ4v) is 0. The molecule has 0 aliphatic rings. The van der Waals surface area contributed by atoms with E-state index in [1.54, 1.807) is 0 Å². The molecule has 8 heavy (non-hydrogen) atoms. The van der Waals surface area contributed by atoms with E-state index in [9.17, 15) is 0 Å². The average molecular weight is 143 g/mol. The summed E-state index contributed by atoms with van der Waals surface area (Å²) in [6.45, 7) is 2.68. The van der Waals surface area contributed by atoms with Crippen molar-refractivity contribution in [1.29, 1.82) is 0 Å². The van der Waals surface area contributed by atoms with Crippen LogP contribution in [-0.2, 0) is 10.4 Å². The summed E-state index contributed by atoms with van der Waals surface area (Å²) in [6.07, 6.45) is 0. The zero-order valence-corrected chi connectivity index (χ0v) is 4.55. The third kappa shape index (κ3) is 231. The van der Waals surface area contributed by atoms with Crippen LogP contribution in [0.1, 0.15) is 0 Å². The van der Waals surface area contributed by atoms with Crippen LogP contribution in [0, 0.1) is 5.21 Å². The molecule has 7 heteroatoms. The van der Waals surface area contributed by atoms with E-state index in [4.69, 9.17) is 22.7 Å². The Morgan fingerprint density at radius 3 is 1.50 bits per heavy atom. The molecule has 0 aliphatic carbocycles. The van der Waals surface area contributed by atoms with Crippen LogP contribution in [0.2, 0.25) is 0 Å². The summed E-state index contributed by atoms with van der Waals surface area (Å²) in [5.74, 6) is 0. The second-order valence-corrected chi connectivity index (χ2v) is 1.49. The summed E-state index contributed by atoms with van der Waals surface area (Å²) in [5.41, 5.74) is 0. The van der Waals surface area contributed by atoms with Crippen LogP contribution in [0.5, 0.6) is 0 Å². The van der Waals surface area contributed by atoms with E-state index in [2.05, 4.69) is 6.72 Å². The number of hydrogen-bond acceptors (Lipinski definition) is 3. The van der Waals surface area contributed by atoms with Gasteiger partial charge in [0.1, 0.15) is 6.72 Å². The van der Waals surface area contributed by atoms with Crippen molar-refractivity contribution in [1.82, 2.24) is 0 Å². The molecule has 0 unspecified atom stereocenters. The Balaban J connectivity index is 0. The average Bonchev–Trinajstić information content (AvgIpc) is 1.27. The quantitative estimate of drug-likeness (QED) is 0.152. The lowest BCUT2D eigenvalue weighted by Crippen LogP contribution is -2.56. The molecule has 0 amide bonds. The SMILES string of the molecule is C=[NH+][O-].O=S(=O)(O)O. The Morgan fingerprint density at radius 1 is 1.50 bits per heavy atom. The van der Waals surface area contributed by atoms with Gasteiger partial charge in [0, 0.05) is 0 Å². The first kappa shape index (κ1) is 10.3. The van der Waals surface area contributed by atoms with Gasteiger partial charge in [-0.05, 0) is 0 Å². The van der Waals surface area contributed by atoms with E-state index in [1.165, 1.54) is 5.16 Å². The second kappa shape index (κ2) is 4.50. The molecule has 0 rings (SSSR count). The highest BCUT2D eigenvalue weighted by Crippen LogP contribution is 1.59. The third-order valence-electron chi connectivity index (χ3n) is 0. The number of rotatable bonds is 0. The summed E-state index contributed by atoms with van der Waals surface area (Å²) < 4.78 is 31.6. The smallest absolute Gasteiger partial charge is 0.394 e. The van der Waals surface area contributed by atoms with Gasteiger partial charge in [-0.1, -0.05) is 0 Å². The van der Waals surface area contributed by atoms with Crippen molar-refractivity contribution in [2.75, 3.05) is 0 Å². The molecule has 6 nitrogen and oxygen atoms in total. The molecule has 50 valence electrons. The van der Waals surface area contributed by atoms with Crippen molar-refractivity contribution in [3.05, 3.63) is 5.21 Å². The van der Waals surface area contributed by atoms with Crippen LogP contribution < -0.4 is 5.16 Å². The van der Waals surface area contributed by atoms with E-state index in [0.717, 1.165) is 0 Å². The lowest BCUT2D eigenvalue weighted by atomic mass is 11.8. The number of hydrogen-bond donors (Lipinski definition) is 3. The molecule has 0 saturated carbocycles. The summed E-state index contributed by atoms with van der Waals surface area (Å²) in [7, 11) is -4.67. The lowest BCUT2D eigenvalue weighted by molar-refractivity contribution is -0.361. The first-order chi connectivity index (χ1) is 3.41. The van der Waals surface area contributed by atoms with Crippen molar-refractivity contribution < 1.29 is 22.7 Å². The molecule has 0 aromatic heterocycles. The maximum absolute atomic E-state index is 8.74. The molecule has 0 heterocycles. The van der Waals surface area contributed by atoms with Gasteiger partial charge >= 0.3 is 10.4 Å². The maximum Gasteiger partial charge on any atom is 0.394 e. The summed E-state index contributed by atoms with van der Waals surface area (Å²) >= 11 is 0. The second-order valence-electron chi connectivity index (χ2n) is 0.592. The normalized spacial score (nSPS) is 8.75. The molecule has 0 aromatic carbocycles. The van der Waals surface area contributed by atoms with E-state index >= 15 is 0 Å². The van der Waals surface area contributed by atoms with Gasteiger partial charge in [0.15, 0.2) is 0 Å². The zero-order chi connectivity index (χ0) is 7.21. The highest BCUT2D eigenvalue weighted by Gasteiger charge is 1.84. The van der Waals surface area contributed by atoms with Crippen LogP contribution in [0.15, 0.2) is 0 Å². The van der Waals surface area contributed by atoms with Crippen LogP contribution in [0.25, 0.3) is 0 Å². The van der Waals surface area contributed by atoms with Crippen LogP contribution in [0.4, 0.5) is 0 Å². The fourth-order valence-electron chi connectivity index (χ4n) is 0. The first-order valence-electron chi connectivity index (χ1n) is 1.26. The molecule has 3 N–H and O–H groups in total. The van der Waals surface area contributed by atoms with Gasteiger partial charge in [0.2, 0.25) is 0 Å². The topological polar surface area (TPSA) is 112 Å². The Kier molecular flexibility index (Phi) is 5.82. The summed E-state index contributed by atoms with van der Waals surface area (Å²) in [4.78, 5) is 0. The number of nitrogens with one attached hydrogen (secondary N) is 1. The van der Waals surface area contributed by atoms with Crippen molar-refractivity contribution >= 4 is 17.1 Å². The molecule has 0 spiro atoms. The van der Waals surface area contributed by atoms with Crippen molar-refractivity contribution in [2.45, 2.75) is 0 Å². The highest BCUT2D eigenvalue weighted by molar-refractivity contribution is 7.79. The fraction of sp³-hybridized carbons (Fsp3) is 0. The molecule has 0 saturated heterocycles. The molecular weight excluding hydrogens is 138 g/mol. The van der Waals surface area contributed by atoms with Crippen molar-refractivity contribution in [2.24, 2.45) is 0 Å². The maximum atomic E-state index is 8.74. The van der Waals surface area contributed by atoms with Gasteiger partial charge < -0.3 is 5.21 Å². The minimum atomic E-state index is -4.67. The highest BCUT2D eigenvalue weighted by atomic mass is 32.3. The Hall–Kier alpha value is -0.660. The summed E-state index contributed by atoms with van der Waals surface area (Å²) in [6, 6.07) is 0. The van der Waals surface area contributed by atoms with Gasteiger partial charge in [-0.15, -0.1) is 0 Å². The Morgan fingerprint density at radius 2 is 1.50 bits per heavy atom. The van der Waals surface area contributed by atoms with Gasteiger partial charge in [-0.25, -0.2) is 5.16 Å². The van der Waals surface area contributed by atoms with E-state index < -0.39 is 10.4 Å². The largest absolute Gasteiger partial charge is 0.626 e. The van der Waals surface area contributed by atoms with Crippen molar-refractivity contribution in [3.63, 3.8) is 0 Å². The van der Waals surface area contributed by atoms with Gasteiger partial charge in [0.25, 0.3) is 0 Å². The molecule has 0 bridgehead atoms. The minimum Gasteiger partial charge on any atom is -0.626 e. The molecule has 0 fully saturated rings. The van der Waals surface area contributed by atoms with Gasteiger partial charge in [0.05, 0.1) is 0 Å². The molecule has 0 atom stereocenters. The molecule has 0 radical (unpaired) electrons.